The average molecular weight is 260 g/mol. The smallest absolute Gasteiger partial charge is 0.295 e. The fraction of sp³-hybridized carbons (Fsp3) is 0.500. The van der Waals surface area contributed by atoms with E-state index in [0.717, 1.165) is 17.6 Å². The van der Waals surface area contributed by atoms with Crippen molar-refractivity contribution in [2.24, 2.45) is 5.92 Å². The highest BCUT2D eigenvalue weighted by Gasteiger charge is 2.17. The van der Waals surface area contributed by atoms with Gasteiger partial charge in [-0.3, -0.25) is 0 Å². The van der Waals surface area contributed by atoms with Crippen LogP contribution in [0.15, 0.2) is 22.6 Å². The molecule has 0 spiro atoms. The first-order chi connectivity index (χ1) is 9.20. The predicted octanol–water partition coefficient (Wildman–Crippen LogP) is 2.16. The summed E-state index contributed by atoms with van der Waals surface area (Å²) in [5.74, 6) is 0.705. The van der Waals surface area contributed by atoms with Crippen molar-refractivity contribution in [3.05, 3.63) is 18.2 Å². The third-order valence-electron chi connectivity index (χ3n) is 3.79. The van der Waals surface area contributed by atoms with Gasteiger partial charge < -0.3 is 20.4 Å². The van der Waals surface area contributed by atoms with Crippen molar-refractivity contribution >= 4 is 22.8 Å². The Balaban J connectivity index is 1.62. The molecular formula is C14H20N4O. The fourth-order valence-corrected chi connectivity index (χ4v) is 2.51. The molecule has 5 nitrogen and oxygen atoms in total. The number of anilines is 2. The lowest BCUT2D eigenvalue weighted by atomic mass is 9.97. The molecule has 3 rings (SSSR count). The Morgan fingerprint density at radius 1 is 1.42 bits per heavy atom. The van der Waals surface area contributed by atoms with E-state index in [2.05, 4.69) is 22.2 Å². The van der Waals surface area contributed by atoms with Crippen molar-refractivity contribution in [3.63, 3.8) is 0 Å². The van der Waals surface area contributed by atoms with Gasteiger partial charge in [-0.05, 0) is 51.0 Å². The van der Waals surface area contributed by atoms with Gasteiger partial charge in [0.1, 0.15) is 5.52 Å². The number of nitrogens with two attached hydrogens (primary N) is 1. The summed E-state index contributed by atoms with van der Waals surface area (Å²) < 4.78 is 5.65. The average Bonchev–Trinajstić information content (AvgIpc) is 2.80. The molecule has 5 heteroatoms. The summed E-state index contributed by atoms with van der Waals surface area (Å²) in [6.07, 6.45) is 2.47. The molecule has 0 bridgehead atoms. The number of nitrogens with zero attached hydrogens (tertiary/aromatic N) is 2. The number of piperidine rings is 1. The number of oxazole rings is 1. The first-order valence-electron chi connectivity index (χ1n) is 6.79. The van der Waals surface area contributed by atoms with Gasteiger partial charge in [0.2, 0.25) is 0 Å². The number of rotatable bonds is 3. The largest absolute Gasteiger partial charge is 0.423 e. The van der Waals surface area contributed by atoms with Gasteiger partial charge in [0.25, 0.3) is 6.01 Å². The third-order valence-corrected chi connectivity index (χ3v) is 3.79. The molecule has 0 aliphatic carbocycles. The van der Waals surface area contributed by atoms with Crippen LogP contribution >= 0.6 is 0 Å². The van der Waals surface area contributed by atoms with E-state index >= 15 is 0 Å². The monoisotopic (exact) mass is 260 g/mol. The molecule has 1 aromatic carbocycles. The van der Waals surface area contributed by atoms with E-state index in [0.29, 0.717) is 17.6 Å². The highest BCUT2D eigenvalue weighted by atomic mass is 16.4. The molecule has 2 heterocycles. The molecule has 2 aromatic rings. The van der Waals surface area contributed by atoms with Crippen LogP contribution in [0, 0.1) is 5.92 Å². The molecule has 0 amide bonds. The zero-order valence-corrected chi connectivity index (χ0v) is 11.2. The van der Waals surface area contributed by atoms with Crippen molar-refractivity contribution < 1.29 is 4.42 Å². The molecule has 1 aliphatic rings. The Labute approximate surface area is 112 Å². The maximum atomic E-state index is 5.72. The lowest BCUT2D eigenvalue weighted by Crippen LogP contribution is -2.32. The Morgan fingerprint density at radius 3 is 3.00 bits per heavy atom. The quantitative estimate of drug-likeness (QED) is 0.828. The van der Waals surface area contributed by atoms with Crippen molar-refractivity contribution in [2.75, 3.05) is 37.7 Å². The summed E-state index contributed by atoms with van der Waals surface area (Å²) >= 11 is 0. The molecule has 19 heavy (non-hydrogen) atoms. The Bertz CT molecular complexity index is 558. The molecule has 0 saturated carbocycles. The Hall–Kier alpha value is -1.75. The van der Waals surface area contributed by atoms with Gasteiger partial charge in [-0.25, -0.2) is 0 Å². The summed E-state index contributed by atoms with van der Waals surface area (Å²) in [6.45, 7) is 3.28. The van der Waals surface area contributed by atoms with Crippen molar-refractivity contribution in [2.45, 2.75) is 12.8 Å². The minimum absolute atomic E-state index is 0.597. The van der Waals surface area contributed by atoms with E-state index in [1.807, 2.05) is 18.2 Å². The normalized spacial score (nSPS) is 17.9. The number of fused-ring (bicyclic) bond motifs is 1. The van der Waals surface area contributed by atoms with Gasteiger partial charge >= 0.3 is 0 Å². The Morgan fingerprint density at radius 2 is 2.21 bits per heavy atom. The first kappa shape index (κ1) is 12.3. The highest BCUT2D eigenvalue weighted by Crippen LogP contribution is 2.22. The molecule has 1 fully saturated rings. The maximum absolute atomic E-state index is 5.72. The lowest BCUT2D eigenvalue weighted by Gasteiger charge is -2.28. The number of benzene rings is 1. The standard InChI is InChI=1S/C14H20N4O/c1-18-6-4-10(5-7-18)9-16-14-17-12-3-2-11(15)8-13(12)19-14/h2-3,8,10H,4-7,9,15H2,1H3,(H,16,17). The summed E-state index contributed by atoms with van der Waals surface area (Å²) in [7, 11) is 2.18. The van der Waals surface area contributed by atoms with Crippen LogP contribution < -0.4 is 11.1 Å². The second-order valence-electron chi connectivity index (χ2n) is 5.37. The number of aromatic nitrogens is 1. The van der Waals surface area contributed by atoms with Crippen LogP contribution in [0.3, 0.4) is 0 Å². The fourth-order valence-electron chi connectivity index (χ4n) is 2.51. The van der Waals surface area contributed by atoms with E-state index in [1.54, 1.807) is 0 Å². The molecule has 0 unspecified atom stereocenters. The van der Waals surface area contributed by atoms with Crippen LogP contribution in [0.25, 0.3) is 11.1 Å². The topological polar surface area (TPSA) is 67.3 Å². The van der Waals surface area contributed by atoms with Gasteiger partial charge in [0.05, 0.1) is 0 Å². The highest BCUT2D eigenvalue weighted by molar-refractivity contribution is 5.78. The van der Waals surface area contributed by atoms with Crippen molar-refractivity contribution in [1.29, 1.82) is 0 Å². The number of likely N-dealkylation sites (tertiary alicyclic amines) is 1. The van der Waals surface area contributed by atoms with E-state index < -0.39 is 0 Å². The van der Waals surface area contributed by atoms with Crippen molar-refractivity contribution in [3.8, 4) is 0 Å². The molecule has 102 valence electrons. The second-order valence-corrected chi connectivity index (χ2v) is 5.37. The summed E-state index contributed by atoms with van der Waals surface area (Å²) in [5.41, 5.74) is 8.01. The van der Waals surface area contributed by atoms with E-state index in [-0.39, 0.29) is 0 Å². The van der Waals surface area contributed by atoms with Gasteiger partial charge in [0, 0.05) is 18.3 Å². The van der Waals surface area contributed by atoms with Crippen molar-refractivity contribution in [1.82, 2.24) is 9.88 Å². The molecule has 3 N–H and O–H groups in total. The zero-order valence-electron chi connectivity index (χ0n) is 11.2. The van der Waals surface area contributed by atoms with Crippen LogP contribution in [0.5, 0.6) is 0 Å². The predicted molar refractivity (Wildman–Crippen MR) is 77.1 cm³/mol. The molecular weight excluding hydrogens is 240 g/mol. The van der Waals surface area contributed by atoms with Crippen LogP contribution in [-0.4, -0.2) is 36.6 Å². The second kappa shape index (κ2) is 5.09. The number of hydrogen-bond donors (Lipinski definition) is 2. The van der Waals surface area contributed by atoms with E-state index in [1.165, 1.54) is 25.9 Å². The summed E-state index contributed by atoms with van der Waals surface area (Å²) in [5, 5.41) is 3.30. The van der Waals surface area contributed by atoms with Crippen LogP contribution in [0.4, 0.5) is 11.7 Å². The molecule has 0 radical (unpaired) electrons. The molecule has 1 saturated heterocycles. The van der Waals surface area contributed by atoms with Gasteiger partial charge in [-0.2, -0.15) is 4.98 Å². The van der Waals surface area contributed by atoms with Gasteiger partial charge in [-0.1, -0.05) is 0 Å². The van der Waals surface area contributed by atoms with Crippen LogP contribution in [-0.2, 0) is 0 Å². The maximum Gasteiger partial charge on any atom is 0.295 e. The zero-order chi connectivity index (χ0) is 13.2. The minimum Gasteiger partial charge on any atom is -0.423 e. The van der Waals surface area contributed by atoms with E-state index in [4.69, 9.17) is 10.2 Å². The lowest BCUT2D eigenvalue weighted by molar-refractivity contribution is 0.225. The third kappa shape index (κ3) is 2.81. The van der Waals surface area contributed by atoms with E-state index in [9.17, 15) is 0 Å². The number of nitrogens with one attached hydrogen (secondary N) is 1. The first-order valence-corrected chi connectivity index (χ1v) is 6.79. The van der Waals surface area contributed by atoms with Crippen LogP contribution in [0.2, 0.25) is 0 Å². The number of nitrogen functional groups attached to an aromatic ring is 1. The summed E-state index contributed by atoms with van der Waals surface area (Å²) in [4.78, 5) is 6.78. The SMILES string of the molecule is CN1CCC(CNc2nc3ccc(N)cc3o2)CC1. The molecule has 1 aromatic heterocycles. The van der Waals surface area contributed by atoms with Gasteiger partial charge in [-0.15, -0.1) is 0 Å². The molecule has 1 aliphatic heterocycles. The Kier molecular flexibility index (Phi) is 3.29. The summed E-state index contributed by atoms with van der Waals surface area (Å²) in [6, 6.07) is 6.13. The minimum atomic E-state index is 0.597. The van der Waals surface area contributed by atoms with Crippen LogP contribution in [0.1, 0.15) is 12.8 Å². The van der Waals surface area contributed by atoms with Gasteiger partial charge in [0.15, 0.2) is 5.58 Å². The molecule has 0 atom stereocenters. The number of hydrogen-bond acceptors (Lipinski definition) is 5.